The van der Waals surface area contributed by atoms with Crippen LogP contribution < -0.4 is 5.32 Å². The minimum atomic E-state index is -0.517. The molecule has 1 heterocycles. The van der Waals surface area contributed by atoms with Crippen LogP contribution in [0.1, 0.15) is 54.9 Å². The number of hydrogen-bond acceptors (Lipinski definition) is 4. The van der Waals surface area contributed by atoms with Crippen molar-refractivity contribution in [1.29, 1.82) is 0 Å². The van der Waals surface area contributed by atoms with Crippen LogP contribution in [0.3, 0.4) is 0 Å². The number of nitrogens with zero attached hydrogens (tertiary/aromatic N) is 1. The zero-order valence-corrected chi connectivity index (χ0v) is 11.6. The zero-order chi connectivity index (χ0) is 13.8. The molecule has 2 atom stereocenters. The maximum absolute atomic E-state index is 12.0. The SMILES string of the molecule is CCC(C)C(O)CNC(=O)c1noc2c1CCCC2. The summed E-state index contributed by atoms with van der Waals surface area (Å²) < 4.78 is 5.21. The zero-order valence-electron chi connectivity index (χ0n) is 11.6. The van der Waals surface area contributed by atoms with Crippen molar-refractivity contribution < 1.29 is 14.4 Å². The topological polar surface area (TPSA) is 75.4 Å². The number of hydrogen-bond donors (Lipinski definition) is 2. The lowest BCUT2D eigenvalue weighted by molar-refractivity contribution is 0.0842. The molecule has 0 bridgehead atoms. The fourth-order valence-electron chi connectivity index (χ4n) is 2.32. The second-order valence-electron chi connectivity index (χ2n) is 5.30. The summed E-state index contributed by atoms with van der Waals surface area (Å²) in [5, 5.41) is 16.5. The van der Waals surface area contributed by atoms with Crippen molar-refractivity contribution in [2.75, 3.05) is 6.54 Å². The van der Waals surface area contributed by atoms with Crippen LogP contribution in [0.15, 0.2) is 4.52 Å². The molecule has 1 aromatic rings. The summed E-state index contributed by atoms with van der Waals surface area (Å²) in [7, 11) is 0. The molecule has 1 aliphatic carbocycles. The van der Waals surface area contributed by atoms with Crippen molar-refractivity contribution in [3.63, 3.8) is 0 Å². The molecule has 1 aromatic heterocycles. The molecule has 0 radical (unpaired) electrons. The highest BCUT2D eigenvalue weighted by Gasteiger charge is 2.24. The molecule has 19 heavy (non-hydrogen) atoms. The maximum Gasteiger partial charge on any atom is 0.273 e. The first-order valence-corrected chi connectivity index (χ1v) is 7.07. The Balaban J connectivity index is 1.95. The molecule has 0 saturated carbocycles. The van der Waals surface area contributed by atoms with Gasteiger partial charge in [0, 0.05) is 18.5 Å². The third-order valence-corrected chi connectivity index (χ3v) is 3.94. The summed E-state index contributed by atoms with van der Waals surface area (Å²) >= 11 is 0. The molecule has 0 aromatic carbocycles. The van der Waals surface area contributed by atoms with Crippen LogP contribution in [0.5, 0.6) is 0 Å². The second-order valence-corrected chi connectivity index (χ2v) is 5.30. The summed E-state index contributed by atoms with van der Waals surface area (Å²) in [5.41, 5.74) is 1.34. The van der Waals surface area contributed by atoms with Gasteiger partial charge >= 0.3 is 0 Å². The van der Waals surface area contributed by atoms with Gasteiger partial charge in [-0.15, -0.1) is 0 Å². The molecule has 1 amide bonds. The number of carbonyl (C=O) groups excluding carboxylic acids is 1. The molecule has 0 spiro atoms. The highest BCUT2D eigenvalue weighted by molar-refractivity contribution is 5.93. The number of aliphatic hydroxyl groups is 1. The van der Waals surface area contributed by atoms with E-state index in [1.807, 2.05) is 13.8 Å². The van der Waals surface area contributed by atoms with Gasteiger partial charge in [-0.25, -0.2) is 0 Å². The predicted molar refractivity (Wildman–Crippen MR) is 70.9 cm³/mol. The summed E-state index contributed by atoms with van der Waals surface area (Å²) in [6.07, 6.45) is 4.26. The first-order chi connectivity index (χ1) is 9.13. The van der Waals surface area contributed by atoms with Gasteiger partial charge in [0.2, 0.25) is 0 Å². The van der Waals surface area contributed by atoms with Gasteiger partial charge in [-0.2, -0.15) is 0 Å². The quantitative estimate of drug-likeness (QED) is 0.850. The summed E-state index contributed by atoms with van der Waals surface area (Å²) in [6, 6.07) is 0. The number of aliphatic hydroxyl groups excluding tert-OH is 1. The number of amides is 1. The summed E-state index contributed by atoms with van der Waals surface area (Å²) in [5.74, 6) is 0.777. The van der Waals surface area contributed by atoms with Gasteiger partial charge in [0.05, 0.1) is 6.10 Å². The van der Waals surface area contributed by atoms with Gasteiger partial charge in [0.1, 0.15) is 5.76 Å². The van der Waals surface area contributed by atoms with Crippen LogP contribution in [-0.2, 0) is 12.8 Å². The van der Waals surface area contributed by atoms with Crippen LogP contribution in [-0.4, -0.2) is 28.8 Å². The van der Waals surface area contributed by atoms with E-state index in [1.165, 1.54) is 0 Å². The molecule has 5 heteroatoms. The van der Waals surface area contributed by atoms with Crippen LogP contribution in [0.4, 0.5) is 0 Å². The van der Waals surface area contributed by atoms with Gasteiger partial charge in [-0.3, -0.25) is 4.79 Å². The minimum Gasteiger partial charge on any atom is -0.391 e. The molecule has 5 nitrogen and oxygen atoms in total. The Morgan fingerprint density at radius 3 is 2.95 bits per heavy atom. The largest absolute Gasteiger partial charge is 0.391 e. The molecule has 0 saturated heterocycles. The fraction of sp³-hybridized carbons (Fsp3) is 0.714. The summed E-state index contributed by atoms with van der Waals surface area (Å²) in [4.78, 5) is 12.0. The maximum atomic E-state index is 12.0. The number of aryl methyl sites for hydroxylation is 1. The lowest BCUT2D eigenvalue weighted by Gasteiger charge is -2.17. The fourth-order valence-corrected chi connectivity index (χ4v) is 2.32. The van der Waals surface area contributed by atoms with Gasteiger partial charge in [-0.1, -0.05) is 25.4 Å². The number of carbonyl (C=O) groups is 1. The number of rotatable bonds is 5. The van der Waals surface area contributed by atoms with E-state index in [4.69, 9.17) is 4.52 Å². The van der Waals surface area contributed by atoms with Gasteiger partial charge < -0.3 is 14.9 Å². The van der Waals surface area contributed by atoms with Crippen molar-refractivity contribution in [3.05, 3.63) is 17.0 Å². The van der Waals surface area contributed by atoms with Gasteiger partial charge in [0.15, 0.2) is 5.69 Å². The molecule has 2 N–H and O–H groups in total. The van der Waals surface area contributed by atoms with Crippen LogP contribution in [0, 0.1) is 5.92 Å². The molecule has 2 unspecified atom stereocenters. The molecular formula is C14H22N2O3. The number of nitrogens with one attached hydrogen (secondary N) is 1. The average Bonchev–Trinajstić information content (AvgIpc) is 2.87. The Hall–Kier alpha value is -1.36. The molecule has 1 aliphatic rings. The molecular weight excluding hydrogens is 244 g/mol. The Morgan fingerprint density at radius 1 is 1.47 bits per heavy atom. The van der Waals surface area contributed by atoms with Crippen molar-refractivity contribution in [2.45, 2.75) is 52.1 Å². The van der Waals surface area contributed by atoms with Crippen molar-refractivity contribution in [3.8, 4) is 0 Å². The van der Waals surface area contributed by atoms with Crippen molar-refractivity contribution in [2.24, 2.45) is 5.92 Å². The van der Waals surface area contributed by atoms with E-state index in [9.17, 15) is 9.90 Å². The van der Waals surface area contributed by atoms with Crippen molar-refractivity contribution in [1.82, 2.24) is 10.5 Å². The van der Waals surface area contributed by atoms with E-state index in [2.05, 4.69) is 10.5 Å². The average molecular weight is 266 g/mol. The Labute approximate surface area is 113 Å². The monoisotopic (exact) mass is 266 g/mol. The van der Waals surface area contributed by atoms with Crippen molar-refractivity contribution >= 4 is 5.91 Å². The smallest absolute Gasteiger partial charge is 0.273 e. The van der Waals surface area contributed by atoms with Gasteiger partial charge in [-0.05, 0) is 25.2 Å². The number of fused-ring (bicyclic) bond motifs is 1. The van der Waals surface area contributed by atoms with E-state index < -0.39 is 6.10 Å². The lowest BCUT2D eigenvalue weighted by Crippen LogP contribution is -2.35. The Morgan fingerprint density at radius 2 is 2.21 bits per heavy atom. The Kier molecular flexibility index (Phi) is 4.58. The van der Waals surface area contributed by atoms with Crippen LogP contribution in [0.25, 0.3) is 0 Å². The van der Waals surface area contributed by atoms with E-state index in [0.29, 0.717) is 5.69 Å². The third-order valence-electron chi connectivity index (χ3n) is 3.94. The third kappa shape index (κ3) is 3.15. The molecule has 2 rings (SSSR count). The van der Waals surface area contributed by atoms with E-state index in [-0.39, 0.29) is 18.4 Å². The highest BCUT2D eigenvalue weighted by Crippen LogP contribution is 2.24. The summed E-state index contributed by atoms with van der Waals surface area (Å²) in [6.45, 7) is 4.24. The minimum absolute atomic E-state index is 0.173. The second kappa shape index (κ2) is 6.19. The van der Waals surface area contributed by atoms with E-state index in [1.54, 1.807) is 0 Å². The lowest BCUT2D eigenvalue weighted by atomic mass is 9.96. The molecule has 0 fully saturated rings. The normalized spacial score (nSPS) is 17.6. The number of aromatic nitrogens is 1. The Bertz CT molecular complexity index is 442. The van der Waals surface area contributed by atoms with Crippen LogP contribution in [0.2, 0.25) is 0 Å². The standard InChI is InChI=1S/C14H22N2O3/c1-3-9(2)11(17)8-15-14(18)13-10-6-4-5-7-12(10)19-16-13/h9,11,17H,3-8H2,1-2H3,(H,15,18). The molecule has 0 aliphatic heterocycles. The molecule has 106 valence electrons. The first-order valence-electron chi connectivity index (χ1n) is 7.07. The van der Waals surface area contributed by atoms with E-state index in [0.717, 1.165) is 43.4 Å². The predicted octanol–water partition coefficient (Wildman–Crippen LogP) is 1.69. The first kappa shape index (κ1) is 14.1. The van der Waals surface area contributed by atoms with Crippen LogP contribution >= 0.6 is 0 Å². The van der Waals surface area contributed by atoms with Gasteiger partial charge in [0.25, 0.3) is 5.91 Å². The highest BCUT2D eigenvalue weighted by atomic mass is 16.5. The van der Waals surface area contributed by atoms with E-state index >= 15 is 0 Å².